The second-order valence-corrected chi connectivity index (χ2v) is 7.04. The van der Waals surface area contributed by atoms with E-state index < -0.39 is 10.0 Å². The number of aliphatic imine (C=N–C) groups is 1. The Balaban J connectivity index is 0.00000312. The van der Waals surface area contributed by atoms with E-state index >= 15 is 0 Å². The normalized spacial score (nSPS) is 18.0. The number of nitrogens with one attached hydrogen (secondary N) is 4. The van der Waals surface area contributed by atoms with Crippen molar-refractivity contribution in [2.45, 2.75) is 23.8 Å². The molecule has 9 nitrogen and oxygen atoms in total. The number of piperidine rings is 1. The first kappa shape index (κ1) is 21.6. The highest BCUT2D eigenvalue weighted by atomic mass is 127. The zero-order valence-corrected chi connectivity index (χ0v) is 17.0. The Morgan fingerprint density at radius 3 is 2.84 bits per heavy atom. The van der Waals surface area contributed by atoms with Crippen LogP contribution in [-0.4, -0.2) is 58.0 Å². The SMILES string of the molecule is CN=C(NCCNS(=O)(=O)c1cccnc1)NC1CCC(=O)NC1.I. The largest absolute Gasteiger partial charge is 0.355 e. The van der Waals surface area contributed by atoms with Gasteiger partial charge in [-0.2, -0.15) is 0 Å². The maximum Gasteiger partial charge on any atom is 0.242 e. The molecule has 11 heteroatoms. The molecule has 0 spiro atoms. The molecule has 1 saturated heterocycles. The van der Waals surface area contributed by atoms with Crippen LogP contribution in [0, 0.1) is 0 Å². The summed E-state index contributed by atoms with van der Waals surface area (Å²) < 4.78 is 26.6. The van der Waals surface area contributed by atoms with Crippen LogP contribution in [0.5, 0.6) is 0 Å². The molecule has 0 radical (unpaired) electrons. The van der Waals surface area contributed by atoms with Gasteiger partial charge in [0.25, 0.3) is 0 Å². The van der Waals surface area contributed by atoms with Crippen molar-refractivity contribution in [2.75, 3.05) is 26.7 Å². The molecule has 1 aliphatic heterocycles. The highest BCUT2D eigenvalue weighted by Crippen LogP contribution is 2.04. The van der Waals surface area contributed by atoms with Crippen molar-refractivity contribution in [2.24, 2.45) is 4.99 Å². The standard InChI is InChI=1S/C14H22N6O3S.HI/c1-15-14(20-11-4-5-13(21)18-9-11)17-7-8-19-24(22,23)12-3-2-6-16-10-12;/h2-3,6,10-11,19H,4-5,7-9H2,1H3,(H,18,21)(H2,15,17,20);1H. The molecule has 2 heterocycles. The number of hydrogen-bond donors (Lipinski definition) is 4. The Labute approximate surface area is 164 Å². The fraction of sp³-hybridized carbons (Fsp3) is 0.500. The van der Waals surface area contributed by atoms with Crippen molar-refractivity contribution in [3.8, 4) is 0 Å². The van der Waals surface area contributed by atoms with E-state index in [1.807, 2.05) is 0 Å². The second-order valence-electron chi connectivity index (χ2n) is 5.27. The highest BCUT2D eigenvalue weighted by Gasteiger charge is 2.18. The lowest BCUT2D eigenvalue weighted by Gasteiger charge is -2.25. The molecule has 2 rings (SSSR count). The molecular formula is C14H23IN6O3S. The molecule has 0 bridgehead atoms. The van der Waals surface area contributed by atoms with Crippen LogP contribution in [0.2, 0.25) is 0 Å². The van der Waals surface area contributed by atoms with Gasteiger partial charge in [-0.05, 0) is 18.6 Å². The number of guanidine groups is 1. The van der Waals surface area contributed by atoms with Crippen LogP contribution in [-0.2, 0) is 14.8 Å². The lowest BCUT2D eigenvalue weighted by atomic mass is 10.1. The van der Waals surface area contributed by atoms with Crippen molar-refractivity contribution in [1.82, 2.24) is 25.7 Å². The fourth-order valence-corrected chi connectivity index (χ4v) is 3.19. The van der Waals surface area contributed by atoms with Crippen LogP contribution in [0.1, 0.15) is 12.8 Å². The monoisotopic (exact) mass is 482 g/mol. The summed E-state index contributed by atoms with van der Waals surface area (Å²) in [5, 5.41) is 9.01. The van der Waals surface area contributed by atoms with Crippen LogP contribution in [0.15, 0.2) is 34.4 Å². The van der Waals surface area contributed by atoms with Crippen LogP contribution < -0.4 is 20.7 Å². The van der Waals surface area contributed by atoms with Crippen LogP contribution >= 0.6 is 24.0 Å². The predicted octanol–water partition coefficient (Wildman–Crippen LogP) is -0.578. The first-order chi connectivity index (χ1) is 11.5. The minimum Gasteiger partial charge on any atom is -0.355 e. The summed E-state index contributed by atoms with van der Waals surface area (Å²) in [6, 6.07) is 3.17. The van der Waals surface area contributed by atoms with Crippen LogP contribution in [0.25, 0.3) is 0 Å². The molecule has 1 aromatic rings. The van der Waals surface area contributed by atoms with Crippen molar-refractivity contribution in [3.05, 3.63) is 24.5 Å². The summed E-state index contributed by atoms with van der Waals surface area (Å²) in [5.74, 6) is 0.623. The summed E-state index contributed by atoms with van der Waals surface area (Å²) in [6.07, 6.45) is 4.04. The van der Waals surface area contributed by atoms with Gasteiger partial charge in [0.15, 0.2) is 5.96 Å². The Bertz CT molecular complexity index is 673. The summed E-state index contributed by atoms with van der Waals surface area (Å²) in [7, 11) is -1.92. The van der Waals surface area contributed by atoms with E-state index in [-0.39, 0.29) is 47.4 Å². The number of carbonyl (C=O) groups is 1. The molecule has 140 valence electrons. The van der Waals surface area contributed by atoms with Gasteiger partial charge in [-0.1, -0.05) is 0 Å². The number of sulfonamides is 1. The molecule has 0 saturated carbocycles. The summed E-state index contributed by atoms with van der Waals surface area (Å²) in [6.45, 7) is 1.13. The quantitative estimate of drug-likeness (QED) is 0.186. The molecule has 0 aromatic carbocycles. The van der Waals surface area contributed by atoms with E-state index in [2.05, 4.69) is 30.6 Å². The molecule has 1 amide bonds. The number of amides is 1. The average molecular weight is 482 g/mol. The molecule has 0 aliphatic carbocycles. The van der Waals surface area contributed by atoms with Gasteiger partial charge in [-0.15, -0.1) is 24.0 Å². The number of rotatable bonds is 6. The van der Waals surface area contributed by atoms with Crippen molar-refractivity contribution in [1.29, 1.82) is 0 Å². The number of pyridine rings is 1. The second kappa shape index (κ2) is 10.5. The van der Waals surface area contributed by atoms with Crippen LogP contribution in [0.4, 0.5) is 0 Å². The molecule has 1 aliphatic rings. The lowest BCUT2D eigenvalue weighted by molar-refractivity contribution is -0.122. The van der Waals surface area contributed by atoms with Crippen LogP contribution in [0.3, 0.4) is 0 Å². The van der Waals surface area contributed by atoms with Crippen molar-refractivity contribution < 1.29 is 13.2 Å². The van der Waals surface area contributed by atoms with Gasteiger partial charge >= 0.3 is 0 Å². The van der Waals surface area contributed by atoms with Gasteiger partial charge in [-0.25, -0.2) is 13.1 Å². The predicted molar refractivity (Wildman–Crippen MR) is 105 cm³/mol. The number of carbonyl (C=O) groups excluding carboxylic acids is 1. The van der Waals surface area contributed by atoms with Gasteiger partial charge in [0.05, 0.1) is 0 Å². The molecule has 1 unspecified atom stereocenters. The topological polar surface area (TPSA) is 125 Å². The van der Waals surface area contributed by atoms with E-state index in [1.165, 1.54) is 18.5 Å². The van der Waals surface area contributed by atoms with E-state index in [4.69, 9.17) is 0 Å². The van der Waals surface area contributed by atoms with Crippen molar-refractivity contribution in [3.63, 3.8) is 0 Å². The zero-order valence-electron chi connectivity index (χ0n) is 13.9. The summed E-state index contributed by atoms with van der Waals surface area (Å²) >= 11 is 0. The minimum absolute atomic E-state index is 0. The molecular weight excluding hydrogens is 459 g/mol. The van der Waals surface area contributed by atoms with Gasteiger partial charge < -0.3 is 16.0 Å². The molecule has 25 heavy (non-hydrogen) atoms. The van der Waals surface area contributed by atoms with Gasteiger partial charge in [0, 0.05) is 51.5 Å². The van der Waals surface area contributed by atoms with E-state index in [1.54, 1.807) is 13.1 Å². The number of hydrogen-bond acceptors (Lipinski definition) is 5. The number of halogens is 1. The highest BCUT2D eigenvalue weighted by molar-refractivity contribution is 14.0. The Hall–Kier alpha value is -1.47. The van der Waals surface area contributed by atoms with E-state index in [9.17, 15) is 13.2 Å². The molecule has 1 atom stereocenters. The fourth-order valence-electron chi connectivity index (χ4n) is 2.20. The van der Waals surface area contributed by atoms with E-state index in [0.29, 0.717) is 25.5 Å². The molecule has 1 aromatic heterocycles. The summed E-state index contributed by atoms with van der Waals surface area (Å²) in [5.41, 5.74) is 0. The first-order valence-electron chi connectivity index (χ1n) is 7.65. The Kier molecular flexibility index (Phi) is 9.06. The van der Waals surface area contributed by atoms with Gasteiger partial charge in [0.2, 0.25) is 15.9 Å². The Morgan fingerprint density at radius 1 is 1.44 bits per heavy atom. The maximum absolute atomic E-state index is 12.0. The average Bonchev–Trinajstić information content (AvgIpc) is 2.60. The lowest BCUT2D eigenvalue weighted by Crippen LogP contribution is -2.52. The Morgan fingerprint density at radius 2 is 2.24 bits per heavy atom. The van der Waals surface area contributed by atoms with Gasteiger partial charge in [0.1, 0.15) is 4.90 Å². The summed E-state index contributed by atoms with van der Waals surface area (Å²) in [4.78, 5) is 19.1. The third-order valence-electron chi connectivity index (χ3n) is 3.48. The third-order valence-corrected chi connectivity index (χ3v) is 4.93. The molecule has 1 fully saturated rings. The maximum atomic E-state index is 12.0. The number of aromatic nitrogens is 1. The minimum atomic E-state index is -3.56. The molecule has 4 N–H and O–H groups in total. The van der Waals surface area contributed by atoms with E-state index in [0.717, 1.165) is 6.42 Å². The third kappa shape index (κ3) is 7.12. The first-order valence-corrected chi connectivity index (χ1v) is 9.13. The van der Waals surface area contributed by atoms with Crippen molar-refractivity contribution >= 4 is 45.9 Å². The number of nitrogens with zero attached hydrogens (tertiary/aromatic N) is 2. The smallest absolute Gasteiger partial charge is 0.242 e. The van der Waals surface area contributed by atoms with Gasteiger partial charge in [-0.3, -0.25) is 14.8 Å². The zero-order chi connectivity index (χ0) is 17.4.